The highest BCUT2D eigenvalue weighted by Crippen LogP contribution is 2.47. The van der Waals surface area contributed by atoms with Crippen LogP contribution < -0.4 is 11.1 Å². The van der Waals surface area contributed by atoms with Crippen molar-refractivity contribution in [2.45, 2.75) is 51.2 Å². The van der Waals surface area contributed by atoms with E-state index in [1.165, 1.54) is 7.11 Å². The molecule has 1 fully saturated rings. The third kappa shape index (κ3) is 4.09. The van der Waals surface area contributed by atoms with Crippen molar-refractivity contribution in [2.24, 2.45) is 11.7 Å². The molecule has 0 aromatic rings. The van der Waals surface area contributed by atoms with Crippen molar-refractivity contribution in [1.29, 1.82) is 0 Å². The van der Waals surface area contributed by atoms with Crippen molar-refractivity contribution >= 4 is 12.1 Å². The van der Waals surface area contributed by atoms with Gasteiger partial charge in [-0.25, -0.2) is 9.59 Å². The SMILES string of the molecule is COC(=O)[C@]1(NC(=O)OC(C)(C)C)C[C@H]1CCCN. The Morgan fingerprint density at radius 3 is 2.53 bits per heavy atom. The van der Waals surface area contributed by atoms with Crippen LogP contribution in [0.2, 0.25) is 0 Å². The molecular formula is C13H24N2O4. The first-order valence-electron chi connectivity index (χ1n) is 6.55. The number of carbonyl (C=O) groups excluding carboxylic acids is 2. The van der Waals surface area contributed by atoms with Gasteiger partial charge in [-0.05, 0) is 52.5 Å². The molecule has 0 aliphatic heterocycles. The summed E-state index contributed by atoms with van der Waals surface area (Å²) in [5.74, 6) is -0.337. The van der Waals surface area contributed by atoms with Gasteiger partial charge in [0, 0.05) is 0 Å². The highest BCUT2D eigenvalue weighted by Gasteiger charge is 2.62. The van der Waals surface area contributed by atoms with Crippen molar-refractivity contribution in [1.82, 2.24) is 5.32 Å². The van der Waals surface area contributed by atoms with E-state index in [4.69, 9.17) is 15.2 Å². The van der Waals surface area contributed by atoms with Gasteiger partial charge in [-0.2, -0.15) is 0 Å². The maximum absolute atomic E-state index is 11.8. The zero-order chi connectivity index (χ0) is 14.7. The average Bonchev–Trinajstić information content (AvgIpc) is 2.97. The molecule has 0 radical (unpaired) electrons. The number of amides is 1. The molecule has 19 heavy (non-hydrogen) atoms. The highest BCUT2D eigenvalue weighted by molar-refractivity contribution is 5.89. The number of nitrogens with two attached hydrogens (primary N) is 1. The minimum absolute atomic E-state index is 0.0796. The lowest BCUT2D eigenvalue weighted by Crippen LogP contribution is -2.47. The van der Waals surface area contributed by atoms with E-state index in [1.54, 1.807) is 20.8 Å². The maximum Gasteiger partial charge on any atom is 0.408 e. The molecule has 0 saturated heterocycles. The molecule has 1 rings (SSSR count). The molecule has 1 aliphatic rings. The Morgan fingerprint density at radius 2 is 2.05 bits per heavy atom. The lowest BCUT2D eigenvalue weighted by Gasteiger charge is -2.23. The normalized spacial score (nSPS) is 25.6. The zero-order valence-electron chi connectivity index (χ0n) is 12.1. The average molecular weight is 272 g/mol. The molecule has 0 aromatic heterocycles. The van der Waals surface area contributed by atoms with Gasteiger partial charge in [0.2, 0.25) is 0 Å². The van der Waals surface area contributed by atoms with Crippen molar-refractivity contribution in [2.75, 3.05) is 13.7 Å². The Bertz CT molecular complexity index is 351. The van der Waals surface area contributed by atoms with Crippen LogP contribution in [0.4, 0.5) is 4.79 Å². The molecule has 1 amide bonds. The third-order valence-electron chi connectivity index (χ3n) is 3.14. The van der Waals surface area contributed by atoms with Gasteiger partial charge in [-0.1, -0.05) is 0 Å². The summed E-state index contributed by atoms with van der Waals surface area (Å²) < 4.78 is 9.96. The van der Waals surface area contributed by atoms with Crippen LogP contribution in [0.5, 0.6) is 0 Å². The van der Waals surface area contributed by atoms with E-state index in [-0.39, 0.29) is 5.92 Å². The Morgan fingerprint density at radius 1 is 1.42 bits per heavy atom. The molecule has 0 aromatic carbocycles. The van der Waals surface area contributed by atoms with Gasteiger partial charge in [0.25, 0.3) is 0 Å². The lowest BCUT2D eigenvalue weighted by molar-refractivity contribution is -0.144. The number of hydrogen-bond donors (Lipinski definition) is 2. The van der Waals surface area contributed by atoms with E-state index in [2.05, 4.69) is 5.32 Å². The summed E-state index contributed by atoms with van der Waals surface area (Å²) in [6.45, 7) is 5.89. The number of carbonyl (C=O) groups is 2. The van der Waals surface area contributed by atoms with Crippen LogP contribution >= 0.6 is 0 Å². The van der Waals surface area contributed by atoms with Gasteiger partial charge < -0.3 is 20.5 Å². The van der Waals surface area contributed by atoms with Crippen molar-refractivity contribution in [3.05, 3.63) is 0 Å². The van der Waals surface area contributed by atoms with Gasteiger partial charge in [0.15, 0.2) is 0 Å². The predicted molar refractivity (Wildman–Crippen MR) is 70.5 cm³/mol. The second-order valence-corrected chi connectivity index (χ2v) is 5.92. The summed E-state index contributed by atoms with van der Waals surface area (Å²) in [7, 11) is 1.32. The molecular weight excluding hydrogens is 248 g/mol. The van der Waals surface area contributed by atoms with E-state index >= 15 is 0 Å². The Balaban J connectivity index is 2.63. The Labute approximate surface area is 114 Å². The van der Waals surface area contributed by atoms with Gasteiger partial charge in [-0.15, -0.1) is 0 Å². The van der Waals surface area contributed by atoms with Gasteiger partial charge in [-0.3, -0.25) is 0 Å². The molecule has 1 aliphatic carbocycles. The number of nitrogens with one attached hydrogen (secondary N) is 1. The monoisotopic (exact) mass is 272 g/mol. The number of ether oxygens (including phenoxy) is 2. The van der Waals surface area contributed by atoms with Crippen LogP contribution in [-0.2, 0) is 14.3 Å². The zero-order valence-corrected chi connectivity index (χ0v) is 12.1. The predicted octanol–water partition coefficient (Wildman–Crippen LogP) is 1.18. The quantitative estimate of drug-likeness (QED) is 0.733. The molecule has 0 unspecified atom stereocenters. The minimum Gasteiger partial charge on any atom is -0.467 e. The second-order valence-electron chi connectivity index (χ2n) is 5.92. The fourth-order valence-corrected chi connectivity index (χ4v) is 2.16. The van der Waals surface area contributed by atoms with E-state index in [1.807, 2.05) is 0 Å². The summed E-state index contributed by atoms with van der Waals surface area (Å²) in [6, 6.07) is 0. The summed E-state index contributed by atoms with van der Waals surface area (Å²) >= 11 is 0. The number of rotatable bonds is 5. The molecule has 1 saturated carbocycles. The van der Waals surface area contributed by atoms with E-state index < -0.39 is 23.2 Å². The first kappa shape index (κ1) is 15.8. The van der Waals surface area contributed by atoms with Crippen LogP contribution in [0, 0.1) is 5.92 Å². The topological polar surface area (TPSA) is 90.6 Å². The van der Waals surface area contributed by atoms with Crippen LogP contribution in [0.25, 0.3) is 0 Å². The third-order valence-corrected chi connectivity index (χ3v) is 3.14. The molecule has 6 nitrogen and oxygen atoms in total. The maximum atomic E-state index is 11.8. The lowest BCUT2D eigenvalue weighted by atomic mass is 10.1. The molecule has 2 atom stereocenters. The van der Waals surface area contributed by atoms with Gasteiger partial charge in [0.1, 0.15) is 11.1 Å². The van der Waals surface area contributed by atoms with E-state index in [0.29, 0.717) is 13.0 Å². The largest absolute Gasteiger partial charge is 0.467 e. The molecule has 110 valence electrons. The van der Waals surface area contributed by atoms with Gasteiger partial charge >= 0.3 is 12.1 Å². The first-order valence-corrected chi connectivity index (χ1v) is 6.55. The summed E-state index contributed by atoms with van der Waals surface area (Å²) in [4.78, 5) is 23.6. The first-order chi connectivity index (χ1) is 8.75. The minimum atomic E-state index is -0.924. The van der Waals surface area contributed by atoms with Crippen molar-refractivity contribution in [3.63, 3.8) is 0 Å². The molecule has 6 heteroatoms. The van der Waals surface area contributed by atoms with E-state index in [9.17, 15) is 9.59 Å². The highest BCUT2D eigenvalue weighted by atomic mass is 16.6. The van der Waals surface area contributed by atoms with Crippen LogP contribution in [0.3, 0.4) is 0 Å². The van der Waals surface area contributed by atoms with Crippen molar-refractivity contribution < 1.29 is 19.1 Å². The number of alkyl carbamates (subject to hydrolysis) is 1. The molecule has 0 heterocycles. The molecule has 3 N–H and O–H groups in total. The van der Waals surface area contributed by atoms with Crippen LogP contribution in [-0.4, -0.2) is 36.9 Å². The number of methoxy groups -OCH3 is 1. The number of hydrogen-bond acceptors (Lipinski definition) is 5. The second kappa shape index (κ2) is 5.77. The van der Waals surface area contributed by atoms with Crippen molar-refractivity contribution in [3.8, 4) is 0 Å². The standard InChI is InChI=1S/C13H24N2O4/c1-12(2,3)19-11(17)15-13(10(16)18-4)8-9(13)6-5-7-14/h9H,5-8,14H2,1-4H3,(H,15,17)/t9-,13+/m1/s1. The summed E-state index contributed by atoms with van der Waals surface area (Å²) in [5.41, 5.74) is 3.94. The van der Waals surface area contributed by atoms with Crippen LogP contribution in [0.15, 0.2) is 0 Å². The molecule has 0 spiro atoms. The van der Waals surface area contributed by atoms with E-state index in [0.717, 1.165) is 12.8 Å². The smallest absolute Gasteiger partial charge is 0.408 e. The molecule has 0 bridgehead atoms. The summed E-state index contributed by atoms with van der Waals surface area (Å²) in [6.07, 6.45) is 1.60. The fraction of sp³-hybridized carbons (Fsp3) is 0.846. The van der Waals surface area contributed by atoms with Crippen LogP contribution in [0.1, 0.15) is 40.0 Å². The fourth-order valence-electron chi connectivity index (χ4n) is 2.16. The Kier molecular flexibility index (Phi) is 4.79. The van der Waals surface area contributed by atoms with Gasteiger partial charge in [0.05, 0.1) is 7.11 Å². The number of esters is 1. The Hall–Kier alpha value is -1.30. The summed E-state index contributed by atoms with van der Waals surface area (Å²) in [5, 5.41) is 2.66.